The van der Waals surface area contributed by atoms with Crippen LogP contribution in [0.1, 0.15) is 30.9 Å². The van der Waals surface area contributed by atoms with Crippen molar-refractivity contribution in [3.63, 3.8) is 0 Å². The number of hydrogen-bond acceptors (Lipinski definition) is 3. The van der Waals surface area contributed by atoms with Gasteiger partial charge in [-0.05, 0) is 48.6 Å². The molecule has 3 rings (SSSR count). The van der Waals surface area contributed by atoms with E-state index in [1.165, 1.54) is 24.0 Å². The summed E-state index contributed by atoms with van der Waals surface area (Å²) in [5.41, 5.74) is 2.49. The zero-order valence-electron chi connectivity index (χ0n) is 11.8. The van der Waals surface area contributed by atoms with Gasteiger partial charge in [-0.1, -0.05) is 19.1 Å². The number of rotatable bonds is 6. The third kappa shape index (κ3) is 3.58. The van der Waals surface area contributed by atoms with Crippen LogP contribution >= 0.6 is 0 Å². The molecule has 0 radical (unpaired) electrons. The zero-order chi connectivity index (χ0) is 13.8. The molecule has 1 saturated carbocycles. The van der Waals surface area contributed by atoms with Crippen LogP contribution < -0.4 is 10.1 Å². The maximum atomic E-state index is 5.85. The minimum atomic E-state index is 0.661. The molecule has 0 aliphatic heterocycles. The molecule has 1 aromatic carbocycles. The number of nitrogens with zero attached hydrogens (tertiary/aromatic N) is 1. The quantitative estimate of drug-likeness (QED) is 0.867. The Kier molecular flexibility index (Phi) is 3.97. The van der Waals surface area contributed by atoms with Gasteiger partial charge in [-0.25, -0.2) is 4.98 Å². The van der Waals surface area contributed by atoms with E-state index in [4.69, 9.17) is 4.74 Å². The number of hydrogen-bond donors (Lipinski definition) is 1. The molecule has 1 aliphatic carbocycles. The van der Waals surface area contributed by atoms with Gasteiger partial charge in [0.15, 0.2) is 0 Å². The van der Waals surface area contributed by atoms with Crippen LogP contribution in [0.3, 0.4) is 0 Å². The van der Waals surface area contributed by atoms with E-state index in [9.17, 15) is 0 Å². The van der Waals surface area contributed by atoms with E-state index in [-0.39, 0.29) is 0 Å². The average Bonchev–Trinajstić information content (AvgIpc) is 3.30. The van der Waals surface area contributed by atoms with Crippen LogP contribution in [0, 0.1) is 0 Å². The fraction of sp³-hybridized carbons (Fsp3) is 0.353. The summed E-state index contributed by atoms with van der Waals surface area (Å²) in [5, 5.41) is 3.50. The number of nitrogens with one attached hydrogen (secondary N) is 1. The minimum Gasteiger partial charge on any atom is -0.439 e. The van der Waals surface area contributed by atoms with E-state index >= 15 is 0 Å². The van der Waals surface area contributed by atoms with Gasteiger partial charge in [0.25, 0.3) is 0 Å². The second kappa shape index (κ2) is 6.06. The van der Waals surface area contributed by atoms with Gasteiger partial charge in [-0.2, -0.15) is 0 Å². The first kappa shape index (κ1) is 13.1. The van der Waals surface area contributed by atoms with Gasteiger partial charge in [0.2, 0.25) is 5.88 Å². The molecule has 0 spiro atoms. The molecule has 104 valence electrons. The molecule has 1 N–H and O–H groups in total. The van der Waals surface area contributed by atoms with Crippen molar-refractivity contribution < 1.29 is 4.74 Å². The summed E-state index contributed by atoms with van der Waals surface area (Å²) < 4.78 is 5.85. The largest absolute Gasteiger partial charge is 0.439 e. The van der Waals surface area contributed by atoms with Crippen molar-refractivity contribution >= 4 is 0 Å². The summed E-state index contributed by atoms with van der Waals surface area (Å²) in [6, 6.07) is 12.9. The maximum Gasteiger partial charge on any atom is 0.219 e. The highest BCUT2D eigenvalue weighted by Gasteiger charge is 2.19. The van der Waals surface area contributed by atoms with Gasteiger partial charge in [-0.3, -0.25) is 0 Å². The normalized spacial score (nSPS) is 14.2. The van der Waals surface area contributed by atoms with Crippen LogP contribution in [0.25, 0.3) is 0 Å². The Bertz CT molecular complexity index is 579. The van der Waals surface area contributed by atoms with Crippen molar-refractivity contribution in [1.82, 2.24) is 10.3 Å². The molecular weight excluding hydrogens is 248 g/mol. The first-order chi connectivity index (χ1) is 9.83. The molecule has 20 heavy (non-hydrogen) atoms. The highest BCUT2D eigenvalue weighted by molar-refractivity contribution is 5.32. The van der Waals surface area contributed by atoms with E-state index in [0.717, 1.165) is 18.7 Å². The third-order valence-corrected chi connectivity index (χ3v) is 3.50. The lowest BCUT2D eigenvalue weighted by Crippen LogP contribution is -2.15. The van der Waals surface area contributed by atoms with Gasteiger partial charge >= 0.3 is 0 Å². The number of ether oxygens (including phenoxy) is 1. The molecule has 0 bridgehead atoms. The number of aryl methyl sites for hydroxylation is 1. The summed E-state index contributed by atoms with van der Waals surface area (Å²) >= 11 is 0. The lowest BCUT2D eigenvalue weighted by Gasteiger charge is -2.08. The van der Waals surface area contributed by atoms with Crippen molar-refractivity contribution in [3.8, 4) is 11.6 Å². The summed E-state index contributed by atoms with van der Waals surface area (Å²) in [6.07, 6.45) is 5.43. The molecule has 2 aromatic rings. The van der Waals surface area contributed by atoms with Gasteiger partial charge in [0.05, 0.1) is 0 Å². The SMILES string of the molecule is CCc1cccc(Oc2cc(CNC3CC3)ccn2)c1. The average molecular weight is 268 g/mol. The van der Waals surface area contributed by atoms with E-state index in [0.29, 0.717) is 11.9 Å². The van der Waals surface area contributed by atoms with Crippen molar-refractivity contribution in [2.24, 2.45) is 0 Å². The fourth-order valence-electron chi connectivity index (χ4n) is 2.12. The Labute approximate surface area is 120 Å². The highest BCUT2D eigenvalue weighted by atomic mass is 16.5. The highest BCUT2D eigenvalue weighted by Crippen LogP contribution is 2.22. The summed E-state index contributed by atoms with van der Waals surface area (Å²) in [4.78, 5) is 4.28. The van der Waals surface area contributed by atoms with Crippen LogP contribution in [0.4, 0.5) is 0 Å². The third-order valence-electron chi connectivity index (χ3n) is 3.50. The van der Waals surface area contributed by atoms with Crippen molar-refractivity contribution in [1.29, 1.82) is 0 Å². The Hall–Kier alpha value is -1.87. The molecule has 0 unspecified atom stereocenters. The molecule has 3 nitrogen and oxygen atoms in total. The topological polar surface area (TPSA) is 34.1 Å². The number of pyridine rings is 1. The molecule has 1 fully saturated rings. The van der Waals surface area contributed by atoms with Crippen LogP contribution in [-0.4, -0.2) is 11.0 Å². The van der Waals surface area contributed by atoms with E-state index in [1.54, 1.807) is 0 Å². The predicted octanol–water partition coefficient (Wildman–Crippen LogP) is 3.69. The van der Waals surface area contributed by atoms with Crippen molar-refractivity contribution in [3.05, 3.63) is 53.7 Å². The molecule has 1 heterocycles. The second-order valence-electron chi connectivity index (χ2n) is 5.26. The summed E-state index contributed by atoms with van der Waals surface area (Å²) in [7, 11) is 0. The van der Waals surface area contributed by atoms with Gasteiger partial charge in [0, 0.05) is 24.8 Å². The van der Waals surface area contributed by atoms with Gasteiger partial charge in [0.1, 0.15) is 5.75 Å². The Morgan fingerprint density at radius 3 is 2.90 bits per heavy atom. The molecule has 0 atom stereocenters. The van der Waals surface area contributed by atoms with Gasteiger partial charge in [-0.15, -0.1) is 0 Å². The predicted molar refractivity (Wildman–Crippen MR) is 80.0 cm³/mol. The molecule has 0 amide bonds. The summed E-state index contributed by atoms with van der Waals surface area (Å²) in [5.74, 6) is 1.51. The Balaban J connectivity index is 1.67. The smallest absolute Gasteiger partial charge is 0.219 e. The summed E-state index contributed by atoms with van der Waals surface area (Å²) in [6.45, 7) is 3.03. The van der Waals surface area contributed by atoms with E-state index in [2.05, 4.69) is 29.4 Å². The molecule has 0 saturated heterocycles. The lowest BCUT2D eigenvalue weighted by atomic mass is 10.2. The van der Waals surface area contributed by atoms with Crippen molar-refractivity contribution in [2.45, 2.75) is 38.8 Å². The van der Waals surface area contributed by atoms with Crippen LogP contribution in [-0.2, 0) is 13.0 Å². The second-order valence-corrected chi connectivity index (χ2v) is 5.26. The molecule has 1 aliphatic rings. The van der Waals surface area contributed by atoms with Crippen LogP contribution in [0.2, 0.25) is 0 Å². The fourth-order valence-corrected chi connectivity index (χ4v) is 2.12. The number of aromatic nitrogens is 1. The standard InChI is InChI=1S/C17H20N2O/c1-2-13-4-3-5-16(10-13)20-17-11-14(8-9-18-17)12-19-15-6-7-15/h3-5,8-11,15,19H,2,6-7,12H2,1H3. The van der Waals surface area contributed by atoms with E-state index in [1.807, 2.05) is 30.5 Å². The molecule has 1 aromatic heterocycles. The number of benzene rings is 1. The van der Waals surface area contributed by atoms with Crippen molar-refractivity contribution in [2.75, 3.05) is 0 Å². The monoisotopic (exact) mass is 268 g/mol. The Morgan fingerprint density at radius 2 is 2.10 bits per heavy atom. The van der Waals surface area contributed by atoms with Crippen LogP contribution in [0.15, 0.2) is 42.6 Å². The maximum absolute atomic E-state index is 5.85. The molecule has 3 heteroatoms. The zero-order valence-corrected chi connectivity index (χ0v) is 11.8. The Morgan fingerprint density at radius 1 is 1.20 bits per heavy atom. The lowest BCUT2D eigenvalue weighted by molar-refractivity contribution is 0.461. The van der Waals surface area contributed by atoms with E-state index < -0.39 is 0 Å². The van der Waals surface area contributed by atoms with Crippen LogP contribution in [0.5, 0.6) is 11.6 Å². The van der Waals surface area contributed by atoms with Gasteiger partial charge < -0.3 is 10.1 Å². The first-order valence-corrected chi connectivity index (χ1v) is 7.28. The first-order valence-electron chi connectivity index (χ1n) is 7.28. The molecular formula is C17H20N2O. The minimum absolute atomic E-state index is 0.661.